The van der Waals surface area contributed by atoms with Crippen LogP contribution in [0, 0.1) is 0 Å². The van der Waals surface area contributed by atoms with E-state index in [2.05, 4.69) is 53.3 Å². The molecule has 0 saturated heterocycles. The number of carbonyl (C=O) groups is 1. The van der Waals surface area contributed by atoms with Crippen LogP contribution in [0.4, 0.5) is 10.8 Å². The molecule has 1 aromatic carbocycles. The summed E-state index contributed by atoms with van der Waals surface area (Å²) in [6.45, 7) is 8.44. The lowest BCUT2D eigenvalue weighted by atomic mass is 10.2. The Morgan fingerprint density at radius 3 is 2.61 bits per heavy atom. The first-order valence-corrected chi connectivity index (χ1v) is 14.0. The number of ether oxygens (including phenoxy) is 2. The molecule has 10 heteroatoms. The number of rotatable bonds is 13. The maximum absolute atomic E-state index is 12.7. The van der Waals surface area contributed by atoms with Crippen molar-refractivity contribution in [3.8, 4) is 22.9 Å². The Labute approximate surface area is 227 Å². The second kappa shape index (κ2) is 12.7. The van der Waals surface area contributed by atoms with Gasteiger partial charge in [0.25, 0.3) is 0 Å². The predicted octanol–water partition coefficient (Wildman–Crippen LogP) is 5.17. The molecule has 3 heterocycles. The fraction of sp³-hybridized carbons (Fsp3) is 0.429. The highest BCUT2D eigenvalue weighted by Gasteiger charge is 2.20. The van der Waals surface area contributed by atoms with E-state index in [0.29, 0.717) is 40.8 Å². The van der Waals surface area contributed by atoms with Gasteiger partial charge in [0, 0.05) is 24.4 Å². The van der Waals surface area contributed by atoms with Crippen molar-refractivity contribution in [3.63, 3.8) is 0 Å². The van der Waals surface area contributed by atoms with Gasteiger partial charge >= 0.3 is 0 Å². The highest BCUT2D eigenvalue weighted by molar-refractivity contribution is 7.16. The van der Waals surface area contributed by atoms with Gasteiger partial charge in [-0.1, -0.05) is 26.7 Å². The van der Waals surface area contributed by atoms with Gasteiger partial charge in [-0.3, -0.25) is 4.79 Å². The summed E-state index contributed by atoms with van der Waals surface area (Å²) >= 11 is 1.71. The molecule has 0 saturated carbocycles. The summed E-state index contributed by atoms with van der Waals surface area (Å²) in [7, 11) is 3.22. The van der Waals surface area contributed by atoms with Crippen LogP contribution in [0.15, 0.2) is 30.3 Å². The van der Waals surface area contributed by atoms with E-state index in [4.69, 9.17) is 14.6 Å². The van der Waals surface area contributed by atoms with Crippen LogP contribution in [-0.2, 0) is 4.79 Å². The summed E-state index contributed by atoms with van der Waals surface area (Å²) in [5, 5.41) is 18.6. The number of thiophene rings is 1. The summed E-state index contributed by atoms with van der Waals surface area (Å²) in [6, 6.07) is 9.74. The molecule has 9 nitrogen and oxygen atoms in total. The van der Waals surface area contributed by atoms with Crippen LogP contribution in [0.3, 0.4) is 0 Å². The first kappa shape index (κ1) is 27.4. The summed E-state index contributed by atoms with van der Waals surface area (Å²) in [4.78, 5) is 16.1. The summed E-state index contributed by atoms with van der Waals surface area (Å²) in [5.74, 6) is 2.19. The molecule has 0 aliphatic carbocycles. The molecule has 0 unspecified atom stereocenters. The average molecular weight is 537 g/mol. The molecule has 38 heavy (non-hydrogen) atoms. The van der Waals surface area contributed by atoms with Gasteiger partial charge in [0.2, 0.25) is 5.91 Å². The third-order valence-corrected chi connectivity index (χ3v) is 7.47. The molecule has 0 atom stereocenters. The number of anilines is 2. The Morgan fingerprint density at radius 2 is 1.89 bits per heavy atom. The Morgan fingerprint density at radius 1 is 1.08 bits per heavy atom. The number of aromatic nitrogens is 4. The molecular weight excluding hydrogens is 500 g/mol. The van der Waals surface area contributed by atoms with Crippen LogP contribution < -0.4 is 24.9 Å². The lowest BCUT2D eigenvalue weighted by Gasteiger charge is -2.20. The zero-order valence-electron chi connectivity index (χ0n) is 22.8. The van der Waals surface area contributed by atoms with Crippen molar-refractivity contribution in [2.45, 2.75) is 52.9 Å². The maximum atomic E-state index is 12.7. The van der Waals surface area contributed by atoms with Crippen molar-refractivity contribution in [2.24, 2.45) is 0 Å². The van der Waals surface area contributed by atoms with Crippen LogP contribution in [0.2, 0.25) is 0 Å². The van der Waals surface area contributed by atoms with Gasteiger partial charge in [0.05, 0.1) is 30.0 Å². The molecule has 4 rings (SSSR count). The number of carbonyl (C=O) groups excluding carboxylic acids is 1. The third kappa shape index (κ3) is 5.91. The van der Waals surface area contributed by atoms with E-state index in [1.807, 2.05) is 24.3 Å². The van der Waals surface area contributed by atoms with E-state index in [9.17, 15) is 4.79 Å². The van der Waals surface area contributed by atoms with Crippen molar-refractivity contribution >= 4 is 39.8 Å². The minimum Gasteiger partial charge on any atom is -0.497 e. The standard InChI is InChI=1S/C28H36N6O3S/c1-6-9-11-24(35)29-26-22(18-20-13-15-25(38-20)33(8-3)16-10-7-2)28-31-30-27(34(28)32-26)21-17-19(36-4)12-14-23(21)37-5/h12-15,17-18H,6-11,16H2,1-5H3,(H,29,32,35). The molecule has 0 fully saturated rings. The van der Waals surface area contributed by atoms with Crippen LogP contribution in [0.25, 0.3) is 23.1 Å². The van der Waals surface area contributed by atoms with E-state index >= 15 is 0 Å². The molecule has 1 amide bonds. The second-order valence-corrected chi connectivity index (χ2v) is 10.1. The first-order valence-electron chi connectivity index (χ1n) is 13.2. The van der Waals surface area contributed by atoms with Gasteiger partial charge < -0.3 is 19.7 Å². The van der Waals surface area contributed by atoms with Gasteiger partial charge in [0.1, 0.15) is 11.5 Å². The Kier molecular flexibility index (Phi) is 9.17. The monoisotopic (exact) mass is 536 g/mol. The van der Waals surface area contributed by atoms with Crippen molar-refractivity contribution in [3.05, 3.63) is 40.4 Å². The number of nitrogens with zero attached hydrogens (tertiary/aromatic N) is 5. The number of benzene rings is 1. The van der Waals surface area contributed by atoms with Crippen LogP contribution in [0.1, 0.15) is 57.8 Å². The third-order valence-electron chi connectivity index (χ3n) is 6.37. The SMILES string of the molecule is CCCCC(=O)Nc1nn2c(-c3cc(OC)ccc3OC)nnc2c1=Cc1ccc(N(CC)CCCC)s1. The summed E-state index contributed by atoms with van der Waals surface area (Å²) in [6.07, 6.45) is 6.54. The molecule has 3 aromatic heterocycles. The zero-order valence-corrected chi connectivity index (χ0v) is 23.6. The number of hydrogen-bond acceptors (Lipinski definition) is 8. The minimum absolute atomic E-state index is 0.0701. The summed E-state index contributed by atoms with van der Waals surface area (Å²) in [5.41, 5.74) is 1.25. The average Bonchev–Trinajstić information content (AvgIpc) is 3.65. The van der Waals surface area contributed by atoms with Gasteiger partial charge in [0.15, 0.2) is 17.3 Å². The highest BCUT2D eigenvalue weighted by atomic mass is 32.1. The van der Waals surface area contributed by atoms with Gasteiger partial charge in [-0.05, 0) is 56.2 Å². The van der Waals surface area contributed by atoms with Crippen molar-refractivity contribution in [2.75, 3.05) is 37.5 Å². The van der Waals surface area contributed by atoms with Crippen molar-refractivity contribution < 1.29 is 14.3 Å². The molecule has 202 valence electrons. The minimum atomic E-state index is -0.0701. The van der Waals surface area contributed by atoms with E-state index in [1.165, 1.54) is 5.00 Å². The molecule has 0 spiro atoms. The Hall–Kier alpha value is -3.66. The lowest BCUT2D eigenvalue weighted by molar-refractivity contribution is -0.116. The number of amides is 1. The molecule has 0 radical (unpaired) electrons. The van der Waals surface area contributed by atoms with Crippen LogP contribution in [-0.4, -0.2) is 53.0 Å². The molecular formula is C28H36N6O3S. The number of methoxy groups -OCH3 is 2. The number of nitrogens with one attached hydrogen (secondary N) is 1. The largest absolute Gasteiger partial charge is 0.497 e. The molecule has 0 aliphatic heterocycles. The quantitative estimate of drug-likeness (QED) is 0.252. The highest BCUT2D eigenvalue weighted by Crippen LogP contribution is 2.32. The van der Waals surface area contributed by atoms with Gasteiger partial charge in [-0.2, -0.15) is 4.52 Å². The second-order valence-electron chi connectivity index (χ2n) is 8.99. The normalized spacial score (nSPS) is 11.8. The smallest absolute Gasteiger partial charge is 0.225 e. The van der Waals surface area contributed by atoms with Crippen molar-refractivity contribution in [1.29, 1.82) is 0 Å². The van der Waals surface area contributed by atoms with Crippen LogP contribution >= 0.6 is 11.3 Å². The Balaban J connectivity index is 1.82. The fourth-order valence-corrected chi connectivity index (χ4v) is 5.26. The number of fused-ring (bicyclic) bond motifs is 1. The Bertz CT molecular complexity index is 1430. The first-order chi connectivity index (χ1) is 18.5. The van der Waals surface area contributed by atoms with Gasteiger partial charge in [-0.25, -0.2) is 0 Å². The van der Waals surface area contributed by atoms with E-state index in [1.54, 1.807) is 30.1 Å². The van der Waals surface area contributed by atoms with E-state index in [-0.39, 0.29) is 5.91 Å². The number of hydrogen-bond donors (Lipinski definition) is 1. The molecule has 0 aliphatic rings. The van der Waals surface area contributed by atoms with E-state index < -0.39 is 0 Å². The molecule has 4 aromatic rings. The predicted molar refractivity (Wildman–Crippen MR) is 153 cm³/mol. The topological polar surface area (TPSA) is 93.9 Å². The number of unbranched alkanes of at least 4 members (excludes halogenated alkanes) is 2. The maximum Gasteiger partial charge on any atom is 0.225 e. The van der Waals surface area contributed by atoms with Crippen molar-refractivity contribution in [1.82, 2.24) is 19.8 Å². The molecule has 0 bridgehead atoms. The van der Waals surface area contributed by atoms with Gasteiger partial charge in [-0.15, -0.1) is 26.6 Å². The van der Waals surface area contributed by atoms with Crippen LogP contribution in [0.5, 0.6) is 11.5 Å². The summed E-state index contributed by atoms with van der Waals surface area (Å²) < 4.78 is 12.7. The fourth-order valence-electron chi connectivity index (χ4n) is 4.22. The molecule has 1 N–H and O–H groups in total. The lowest BCUT2D eigenvalue weighted by Crippen LogP contribution is -2.22. The van der Waals surface area contributed by atoms with E-state index in [0.717, 1.165) is 48.9 Å². The zero-order chi connectivity index (χ0) is 27.1.